The Labute approximate surface area is 136 Å². The molecule has 1 fully saturated rings. The number of amides is 2. The van der Waals surface area contributed by atoms with Crippen molar-refractivity contribution >= 4 is 39.2 Å². The van der Waals surface area contributed by atoms with Crippen LogP contribution in [0.3, 0.4) is 0 Å². The Kier molecular flexibility index (Phi) is 3.91. The highest BCUT2D eigenvalue weighted by molar-refractivity contribution is 9.10. The molecule has 1 aliphatic carbocycles. The number of hydrogen-bond acceptors (Lipinski definition) is 1. The van der Waals surface area contributed by atoms with E-state index in [2.05, 4.69) is 26.6 Å². The van der Waals surface area contributed by atoms with E-state index in [0.717, 1.165) is 28.6 Å². The number of anilines is 1. The van der Waals surface area contributed by atoms with Gasteiger partial charge in [-0.15, -0.1) is 0 Å². The van der Waals surface area contributed by atoms with Gasteiger partial charge in [-0.05, 0) is 48.7 Å². The maximum absolute atomic E-state index is 12.2. The molecule has 0 atom stereocenters. The van der Waals surface area contributed by atoms with Crippen molar-refractivity contribution in [3.05, 3.63) is 63.6 Å². The molecule has 0 spiro atoms. The first-order valence-electron chi connectivity index (χ1n) is 6.68. The third kappa shape index (κ3) is 3.39. The molecule has 0 heterocycles. The van der Waals surface area contributed by atoms with E-state index in [1.807, 2.05) is 48.5 Å². The monoisotopic (exact) mass is 364 g/mol. The van der Waals surface area contributed by atoms with Crippen LogP contribution in [0.25, 0.3) is 0 Å². The third-order valence-electron chi connectivity index (χ3n) is 3.58. The minimum atomic E-state index is -0.249. The molecule has 1 saturated carbocycles. The fourth-order valence-electron chi connectivity index (χ4n) is 2.33. The molecule has 2 amide bonds. The lowest BCUT2D eigenvalue weighted by atomic mass is 10.1. The summed E-state index contributed by atoms with van der Waals surface area (Å²) >= 11 is 9.29. The number of hydrogen-bond donors (Lipinski definition) is 2. The van der Waals surface area contributed by atoms with Crippen LogP contribution in [0, 0.1) is 0 Å². The smallest absolute Gasteiger partial charge is 0.319 e. The summed E-state index contributed by atoms with van der Waals surface area (Å²) in [5.74, 6) is 0. The van der Waals surface area contributed by atoms with Gasteiger partial charge in [0.1, 0.15) is 0 Å². The van der Waals surface area contributed by atoms with Gasteiger partial charge in [-0.1, -0.05) is 45.7 Å². The molecular formula is C16H14BrClN2O. The molecule has 0 radical (unpaired) electrons. The number of carbonyl (C=O) groups is 1. The number of benzene rings is 2. The summed E-state index contributed by atoms with van der Waals surface area (Å²) in [6.07, 6.45) is 1.89. The van der Waals surface area contributed by atoms with E-state index in [1.54, 1.807) is 0 Å². The summed E-state index contributed by atoms with van der Waals surface area (Å²) < 4.78 is 0.930. The number of rotatable bonds is 3. The minimum absolute atomic E-state index is 0.194. The molecule has 3 rings (SSSR count). The van der Waals surface area contributed by atoms with Gasteiger partial charge in [0.25, 0.3) is 0 Å². The maximum atomic E-state index is 12.2. The highest BCUT2D eigenvalue weighted by Gasteiger charge is 2.45. The first kappa shape index (κ1) is 14.4. The van der Waals surface area contributed by atoms with Gasteiger partial charge in [-0.3, -0.25) is 0 Å². The van der Waals surface area contributed by atoms with Crippen LogP contribution in [0.2, 0.25) is 5.02 Å². The molecule has 0 aromatic heterocycles. The van der Waals surface area contributed by atoms with Gasteiger partial charge in [0.05, 0.1) is 5.54 Å². The van der Waals surface area contributed by atoms with E-state index in [4.69, 9.17) is 11.6 Å². The van der Waals surface area contributed by atoms with Crippen molar-refractivity contribution in [3.63, 3.8) is 0 Å². The Hall–Kier alpha value is -1.52. The topological polar surface area (TPSA) is 41.1 Å². The SMILES string of the molecule is O=C(Nc1cccc(Br)c1)NC1(c2ccc(Cl)cc2)CC1. The van der Waals surface area contributed by atoms with Gasteiger partial charge in [-0.25, -0.2) is 4.79 Å². The molecule has 1 aliphatic rings. The Morgan fingerprint density at radius 1 is 1.14 bits per heavy atom. The van der Waals surface area contributed by atoms with Gasteiger partial charge in [0.15, 0.2) is 0 Å². The Balaban J connectivity index is 1.68. The highest BCUT2D eigenvalue weighted by atomic mass is 79.9. The molecule has 21 heavy (non-hydrogen) atoms. The van der Waals surface area contributed by atoms with Gasteiger partial charge in [0, 0.05) is 15.2 Å². The van der Waals surface area contributed by atoms with Crippen LogP contribution in [-0.4, -0.2) is 6.03 Å². The molecule has 0 aliphatic heterocycles. The van der Waals surface area contributed by atoms with Crippen LogP contribution in [0.4, 0.5) is 10.5 Å². The fraction of sp³-hybridized carbons (Fsp3) is 0.188. The zero-order valence-electron chi connectivity index (χ0n) is 11.2. The van der Waals surface area contributed by atoms with E-state index in [9.17, 15) is 4.79 Å². The van der Waals surface area contributed by atoms with Gasteiger partial charge in [-0.2, -0.15) is 0 Å². The zero-order valence-corrected chi connectivity index (χ0v) is 13.5. The summed E-state index contributed by atoms with van der Waals surface area (Å²) in [5, 5.41) is 6.62. The van der Waals surface area contributed by atoms with E-state index >= 15 is 0 Å². The lowest BCUT2D eigenvalue weighted by molar-refractivity contribution is 0.247. The van der Waals surface area contributed by atoms with Crippen molar-refractivity contribution in [1.29, 1.82) is 0 Å². The Morgan fingerprint density at radius 3 is 2.48 bits per heavy atom. The summed E-state index contributed by atoms with van der Waals surface area (Å²) in [7, 11) is 0. The van der Waals surface area contributed by atoms with E-state index in [1.165, 1.54) is 0 Å². The van der Waals surface area contributed by atoms with Gasteiger partial charge >= 0.3 is 6.03 Å². The normalized spacial score (nSPS) is 15.3. The largest absolute Gasteiger partial charge is 0.328 e. The fourth-order valence-corrected chi connectivity index (χ4v) is 2.85. The minimum Gasteiger partial charge on any atom is -0.328 e. The van der Waals surface area contributed by atoms with Crippen LogP contribution in [0.15, 0.2) is 53.0 Å². The second-order valence-corrected chi connectivity index (χ2v) is 6.53. The molecule has 2 aromatic carbocycles. The lowest BCUT2D eigenvalue weighted by Crippen LogP contribution is -2.38. The standard InChI is InChI=1S/C16H14BrClN2O/c17-12-2-1-3-14(10-12)19-15(21)20-16(8-9-16)11-4-6-13(18)7-5-11/h1-7,10H,8-9H2,(H2,19,20,21). The number of nitrogens with one attached hydrogen (secondary N) is 2. The molecule has 2 aromatic rings. The molecule has 0 bridgehead atoms. The third-order valence-corrected chi connectivity index (χ3v) is 4.33. The predicted molar refractivity (Wildman–Crippen MR) is 88.7 cm³/mol. The van der Waals surface area contributed by atoms with E-state index in [0.29, 0.717) is 5.02 Å². The van der Waals surface area contributed by atoms with Crippen molar-refractivity contribution in [2.24, 2.45) is 0 Å². The number of halogens is 2. The molecule has 0 unspecified atom stereocenters. The van der Waals surface area contributed by atoms with Gasteiger partial charge in [0.2, 0.25) is 0 Å². The van der Waals surface area contributed by atoms with E-state index in [-0.39, 0.29) is 11.6 Å². The Bertz CT molecular complexity index is 668. The summed E-state index contributed by atoms with van der Waals surface area (Å²) in [5.41, 5.74) is 1.60. The molecule has 108 valence electrons. The summed E-state index contributed by atoms with van der Waals surface area (Å²) in [6, 6.07) is 15.0. The van der Waals surface area contributed by atoms with Crippen LogP contribution in [-0.2, 0) is 5.54 Å². The molecular weight excluding hydrogens is 352 g/mol. The molecule has 0 saturated heterocycles. The quantitative estimate of drug-likeness (QED) is 0.797. The van der Waals surface area contributed by atoms with Crippen molar-refractivity contribution in [2.45, 2.75) is 18.4 Å². The van der Waals surface area contributed by atoms with E-state index < -0.39 is 0 Å². The van der Waals surface area contributed by atoms with Crippen LogP contribution in [0.1, 0.15) is 18.4 Å². The summed E-state index contributed by atoms with van der Waals surface area (Å²) in [4.78, 5) is 12.2. The molecule has 2 N–H and O–H groups in total. The predicted octanol–water partition coefficient (Wildman–Crippen LogP) is 4.91. The first-order chi connectivity index (χ1) is 10.1. The maximum Gasteiger partial charge on any atom is 0.319 e. The first-order valence-corrected chi connectivity index (χ1v) is 7.85. The highest BCUT2D eigenvalue weighted by Crippen LogP contribution is 2.45. The Morgan fingerprint density at radius 2 is 1.86 bits per heavy atom. The van der Waals surface area contributed by atoms with Crippen molar-refractivity contribution < 1.29 is 4.79 Å². The van der Waals surface area contributed by atoms with Crippen molar-refractivity contribution in [3.8, 4) is 0 Å². The van der Waals surface area contributed by atoms with Gasteiger partial charge < -0.3 is 10.6 Å². The second kappa shape index (κ2) is 5.70. The van der Waals surface area contributed by atoms with Crippen LogP contribution in [0.5, 0.6) is 0 Å². The second-order valence-electron chi connectivity index (χ2n) is 5.18. The van der Waals surface area contributed by atoms with Crippen LogP contribution >= 0.6 is 27.5 Å². The molecule has 3 nitrogen and oxygen atoms in total. The number of carbonyl (C=O) groups excluding carboxylic acids is 1. The number of urea groups is 1. The lowest BCUT2D eigenvalue weighted by Gasteiger charge is -2.18. The van der Waals surface area contributed by atoms with Crippen molar-refractivity contribution in [1.82, 2.24) is 5.32 Å². The molecule has 5 heteroatoms. The zero-order chi connectivity index (χ0) is 14.9. The average molecular weight is 366 g/mol. The van der Waals surface area contributed by atoms with Crippen LogP contribution < -0.4 is 10.6 Å². The average Bonchev–Trinajstić information content (AvgIpc) is 3.20. The summed E-state index contributed by atoms with van der Waals surface area (Å²) in [6.45, 7) is 0. The van der Waals surface area contributed by atoms with Crippen molar-refractivity contribution in [2.75, 3.05) is 5.32 Å².